The summed E-state index contributed by atoms with van der Waals surface area (Å²) >= 11 is 0. The van der Waals surface area contributed by atoms with E-state index in [1.807, 2.05) is 24.3 Å². The second-order valence-corrected chi connectivity index (χ2v) is 5.70. The molecule has 3 heteroatoms. The van der Waals surface area contributed by atoms with E-state index in [9.17, 15) is 10.2 Å². The highest BCUT2D eigenvalue weighted by Gasteiger charge is 2.39. The second kappa shape index (κ2) is 4.55. The number of phenolic OH excluding ortho intramolecular Hbond substituents is 2. The van der Waals surface area contributed by atoms with E-state index in [-0.39, 0.29) is 23.5 Å². The Hall–Kier alpha value is -2.42. The van der Waals surface area contributed by atoms with Gasteiger partial charge in [-0.2, -0.15) is 0 Å². The molecule has 2 aromatic carbocycles. The van der Waals surface area contributed by atoms with Crippen molar-refractivity contribution < 1.29 is 14.9 Å². The highest BCUT2D eigenvalue weighted by Crippen LogP contribution is 2.51. The lowest BCUT2D eigenvalue weighted by Crippen LogP contribution is -2.26. The summed E-state index contributed by atoms with van der Waals surface area (Å²) in [4.78, 5) is 0. The Morgan fingerprint density at radius 3 is 2.52 bits per heavy atom. The van der Waals surface area contributed by atoms with Crippen LogP contribution in [0.2, 0.25) is 0 Å². The van der Waals surface area contributed by atoms with E-state index >= 15 is 0 Å². The molecule has 0 radical (unpaired) electrons. The monoisotopic (exact) mass is 280 g/mol. The molecule has 106 valence electrons. The summed E-state index contributed by atoms with van der Waals surface area (Å²) in [5.41, 5.74) is 2.15. The third-order valence-electron chi connectivity index (χ3n) is 4.43. The number of rotatable bonds is 1. The highest BCUT2D eigenvalue weighted by molar-refractivity contribution is 5.47. The number of allylic oxidation sites excluding steroid dienone is 1. The van der Waals surface area contributed by atoms with Gasteiger partial charge in [-0.3, -0.25) is 0 Å². The maximum atomic E-state index is 9.72. The predicted octanol–water partition coefficient (Wildman–Crippen LogP) is 3.89. The molecule has 0 saturated carbocycles. The summed E-state index contributed by atoms with van der Waals surface area (Å²) in [5.74, 6) is 2.00. The molecule has 4 rings (SSSR count). The molecule has 2 aliphatic rings. The molecule has 0 spiro atoms. The van der Waals surface area contributed by atoms with E-state index in [2.05, 4.69) is 12.2 Å². The number of phenols is 2. The van der Waals surface area contributed by atoms with Crippen molar-refractivity contribution in [2.24, 2.45) is 5.92 Å². The molecule has 2 aromatic rings. The Kier molecular flexibility index (Phi) is 2.67. The molecule has 1 aliphatic heterocycles. The highest BCUT2D eigenvalue weighted by atomic mass is 16.5. The van der Waals surface area contributed by atoms with Crippen molar-refractivity contribution in [2.75, 3.05) is 0 Å². The van der Waals surface area contributed by atoms with Crippen LogP contribution in [-0.4, -0.2) is 10.2 Å². The van der Waals surface area contributed by atoms with Gasteiger partial charge in [-0.25, -0.2) is 0 Å². The van der Waals surface area contributed by atoms with Crippen LogP contribution in [0.3, 0.4) is 0 Å². The Balaban J connectivity index is 1.78. The van der Waals surface area contributed by atoms with Gasteiger partial charge in [-0.1, -0.05) is 24.3 Å². The van der Waals surface area contributed by atoms with Crippen molar-refractivity contribution in [3.8, 4) is 17.2 Å². The van der Waals surface area contributed by atoms with Gasteiger partial charge in [0.15, 0.2) is 0 Å². The summed E-state index contributed by atoms with van der Waals surface area (Å²) in [7, 11) is 0. The van der Waals surface area contributed by atoms with Gasteiger partial charge in [0.05, 0.1) is 0 Å². The van der Waals surface area contributed by atoms with Crippen LogP contribution in [-0.2, 0) is 0 Å². The average molecular weight is 280 g/mol. The zero-order valence-corrected chi connectivity index (χ0v) is 11.4. The smallest absolute Gasteiger partial charge is 0.131 e. The zero-order chi connectivity index (χ0) is 14.4. The minimum Gasteiger partial charge on any atom is -0.508 e. The number of hydrogen-bond acceptors (Lipinski definition) is 3. The molecule has 1 heterocycles. The Morgan fingerprint density at radius 1 is 0.952 bits per heavy atom. The summed E-state index contributed by atoms with van der Waals surface area (Å²) in [5, 5.41) is 19.2. The van der Waals surface area contributed by atoms with Crippen LogP contribution in [0.1, 0.15) is 29.6 Å². The minimum atomic E-state index is -0.0496. The minimum absolute atomic E-state index is 0.0496. The third kappa shape index (κ3) is 1.97. The predicted molar refractivity (Wildman–Crippen MR) is 79.6 cm³/mol. The van der Waals surface area contributed by atoms with Crippen LogP contribution in [0, 0.1) is 5.92 Å². The van der Waals surface area contributed by atoms with Crippen molar-refractivity contribution >= 4 is 0 Å². The Morgan fingerprint density at radius 2 is 1.71 bits per heavy atom. The second-order valence-electron chi connectivity index (χ2n) is 5.70. The molecule has 1 aliphatic carbocycles. The lowest BCUT2D eigenvalue weighted by Gasteiger charge is -2.36. The number of benzene rings is 2. The van der Waals surface area contributed by atoms with Crippen LogP contribution >= 0.6 is 0 Å². The fourth-order valence-electron chi connectivity index (χ4n) is 3.42. The Labute approximate surface area is 123 Å². The molecular weight excluding hydrogens is 264 g/mol. The molecule has 0 saturated heterocycles. The van der Waals surface area contributed by atoms with E-state index in [0.717, 1.165) is 23.3 Å². The van der Waals surface area contributed by atoms with E-state index in [1.54, 1.807) is 18.2 Å². The molecule has 0 amide bonds. The average Bonchev–Trinajstić information content (AvgIpc) is 2.97. The molecule has 0 unspecified atom stereocenters. The van der Waals surface area contributed by atoms with Crippen LogP contribution in [0.5, 0.6) is 17.2 Å². The van der Waals surface area contributed by atoms with Gasteiger partial charge in [0, 0.05) is 17.4 Å². The lowest BCUT2D eigenvalue weighted by molar-refractivity contribution is 0.123. The molecular formula is C18H16O3. The maximum Gasteiger partial charge on any atom is 0.131 e. The van der Waals surface area contributed by atoms with E-state index in [0.29, 0.717) is 5.92 Å². The van der Waals surface area contributed by atoms with Gasteiger partial charge in [0.2, 0.25) is 0 Å². The largest absolute Gasteiger partial charge is 0.508 e. The van der Waals surface area contributed by atoms with Crippen molar-refractivity contribution in [3.63, 3.8) is 0 Å². The van der Waals surface area contributed by atoms with Crippen LogP contribution in [0.25, 0.3) is 0 Å². The van der Waals surface area contributed by atoms with Gasteiger partial charge in [-0.05, 0) is 42.3 Å². The molecule has 3 atom stereocenters. The lowest BCUT2D eigenvalue weighted by atomic mass is 9.80. The van der Waals surface area contributed by atoms with Crippen molar-refractivity contribution in [1.82, 2.24) is 0 Å². The fourth-order valence-corrected chi connectivity index (χ4v) is 3.42. The van der Waals surface area contributed by atoms with E-state index in [1.165, 1.54) is 0 Å². The molecule has 0 bridgehead atoms. The zero-order valence-electron chi connectivity index (χ0n) is 11.4. The van der Waals surface area contributed by atoms with Crippen molar-refractivity contribution in [3.05, 3.63) is 65.7 Å². The topological polar surface area (TPSA) is 49.7 Å². The first-order chi connectivity index (χ1) is 10.2. The Bertz CT molecular complexity index is 703. The van der Waals surface area contributed by atoms with Gasteiger partial charge in [0.1, 0.15) is 23.4 Å². The van der Waals surface area contributed by atoms with Crippen LogP contribution in [0.15, 0.2) is 54.6 Å². The number of ether oxygens (including phenoxy) is 1. The van der Waals surface area contributed by atoms with Gasteiger partial charge >= 0.3 is 0 Å². The first kappa shape index (κ1) is 12.3. The van der Waals surface area contributed by atoms with E-state index in [4.69, 9.17) is 4.74 Å². The normalized spacial score (nSPS) is 26.0. The maximum absolute atomic E-state index is 9.72. The van der Waals surface area contributed by atoms with Crippen molar-refractivity contribution in [2.45, 2.75) is 18.4 Å². The summed E-state index contributed by atoms with van der Waals surface area (Å²) in [6, 6.07) is 12.5. The first-order valence-corrected chi connectivity index (χ1v) is 7.17. The molecule has 0 aromatic heterocycles. The van der Waals surface area contributed by atoms with Crippen LogP contribution in [0.4, 0.5) is 0 Å². The number of fused-ring (bicyclic) bond motifs is 3. The fraction of sp³-hybridized carbons (Fsp3) is 0.222. The molecule has 3 nitrogen and oxygen atoms in total. The third-order valence-corrected chi connectivity index (χ3v) is 4.43. The molecule has 2 N–H and O–H groups in total. The van der Waals surface area contributed by atoms with Crippen LogP contribution < -0.4 is 4.74 Å². The molecule has 21 heavy (non-hydrogen) atoms. The van der Waals surface area contributed by atoms with Gasteiger partial charge in [-0.15, -0.1) is 0 Å². The molecule has 0 fully saturated rings. The SMILES string of the molecule is Oc1ccc([C@@H]2Oc3ccc(O)cc3[C@@H]3CC=C[C@@H]32)cc1. The first-order valence-electron chi connectivity index (χ1n) is 7.17. The van der Waals surface area contributed by atoms with Gasteiger partial charge in [0.25, 0.3) is 0 Å². The quantitative estimate of drug-likeness (QED) is 0.779. The number of aromatic hydroxyl groups is 2. The standard InChI is InChI=1S/C18H16O3/c19-12-6-4-11(5-7-12)18-15-3-1-2-14(15)16-10-13(20)8-9-17(16)21-18/h1,3-10,14-15,18-20H,2H2/t14-,15+,18+/m1/s1. The van der Waals surface area contributed by atoms with Crippen molar-refractivity contribution in [1.29, 1.82) is 0 Å². The number of hydrogen-bond donors (Lipinski definition) is 2. The summed E-state index contributed by atoms with van der Waals surface area (Å²) in [6.07, 6.45) is 5.31. The van der Waals surface area contributed by atoms with E-state index < -0.39 is 0 Å². The van der Waals surface area contributed by atoms with Gasteiger partial charge < -0.3 is 14.9 Å². The summed E-state index contributed by atoms with van der Waals surface area (Å²) < 4.78 is 6.18. The summed E-state index contributed by atoms with van der Waals surface area (Å²) in [6.45, 7) is 0.